The summed E-state index contributed by atoms with van der Waals surface area (Å²) in [5.74, 6) is -2.58. The first-order valence-electron chi connectivity index (χ1n) is 23.4. The Morgan fingerprint density at radius 1 is 0.803 bits per heavy atom. The number of carbonyl (C=O) groups excluding carboxylic acids is 7. The molecule has 0 saturated carbocycles. The molecule has 1 unspecified atom stereocenters. The second-order valence-electron chi connectivity index (χ2n) is 18.0. The van der Waals surface area contributed by atoms with Crippen LogP contribution in [0.2, 0.25) is 0 Å². The molecule has 1 aromatic heterocycles. The van der Waals surface area contributed by atoms with Crippen LogP contribution in [0.4, 0.5) is 10.6 Å². The standard InChI is InChI=1S/C51H57N9O11/c1-51(2)43-36(29-59(51)50(67)53-37(30-58(3)4)31-9-6-5-7-10-31)44(57-56-43)55-46(63)34-15-13-33(14-16-34)45(62)52-21-22-68-23-24-69-25-26-70-27-28-71-39-19-17-32-11-8-12-35-41(32)42(39)49(66)60(48(35)65)38-18-20-40(61)54-47(38)64/h5-17,19,37-38H,18,20-30H2,1-4H3,(H,52,62)(H,53,67)(H,54,61,64)(H2,55,56,57,63)/t37-,38?/m1/s1. The van der Waals surface area contributed by atoms with Gasteiger partial charge in [-0.25, -0.2) is 4.79 Å². The Bertz CT molecular complexity index is 2810. The summed E-state index contributed by atoms with van der Waals surface area (Å²) in [6.07, 6.45) is 0.0479. The minimum Gasteiger partial charge on any atom is -0.490 e. The molecule has 1 fully saturated rings. The number of hydrogen-bond acceptors (Lipinski definition) is 13. The topological polar surface area (TPSA) is 243 Å². The van der Waals surface area contributed by atoms with Crippen molar-refractivity contribution >= 4 is 58.1 Å². The Morgan fingerprint density at radius 2 is 1.48 bits per heavy atom. The van der Waals surface area contributed by atoms with Crippen molar-refractivity contribution < 1.29 is 52.5 Å². The van der Waals surface area contributed by atoms with Gasteiger partial charge >= 0.3 is 6.03 Å². The van der Waals surface area contributed by atoms with E-state index in [9.17, 15) is 33.6 Å². The van der Waals surface area contributed by atoms with Crippen LogP contribution >= 0.6 is 0 Å². The van der Waals surface area contributed by atoms with Crippen LogP contribution in [0.25, 0.3) is 10.8 Å². The van der Waals surface area contributed by atoms with Crippen molar-refractivity contribution in [2.45, 2.75) is 50.9 Å². The van der Waals surface area contributed by atoms with E-state index in [1.165, 1.54) is 0 Å². The van der Waals surface area contributed by atoms with Gasteiger partial charge in [0, 0.05) is 47.2 Å². The maximum atomic E-state index is 13.8. The molecule has 2 atom stereocenters. The fourth-order valence-corrected chi connectivity index (χ4v) is 8.93. The molecule has 1 saturated heterocycles. The van der Waals surface area contributed by atoms with Gasteiger partial charge < -0.3 is 44.7 Å². The molecule has 71 heavy (non-hydrogen) atoms. The van der Waals surface area contributed by atoms with Gasteiger partial charge in [-0.1, -0.05) is 48.5 Å². The highest BCUT2D eigenvalue weighted by Gasteiger charge is 2.45. The Balaban J connectivity index is 0.707. The van der Waals surface area contributed by atoms with E-state index in [4.69, 9.17) is 18.9 Å². The number of fused-ring (bicyclic) bond motifs is 1. The van der Waals surface area contributed by atoms with Crippen LogP contribution in [0.1, 0.15) is 91.0 Å². The van der Waals surface area contributed by atoms with Gasteiger partial charge in [-0.2, -0.15) is 5.10 Å². The molecule has 20 heteroatoms. The summed E-state index contributed by atoms with van der Waals surface area (Å²) in [6.45, 7) is 6.61. The van der Waals surface area contributed by atoms with Crippen molar-refractivity contribution in [2.75, 3.05) is 78.7 Å². The maximum Gasteiger partial charge on any atom is 0.319 e. The van der Waals surface area contributed by atoms with Gasteiger partial charge in [-0.15, -0.1) is 0 Å². The predicted octanol–water partition coefficient (Wildman–Crippen LogP) is 4.14. The summed E-state index contributed by atoms with van der Waals surface area (Å²) in [7, 11) is 3.92. The number of anilines is 1. The van der Waals surface area contributed by atoms with Gasteiger partial charge in [0.05, 0.1) is 69.0 Å². The monoisotopic (exact) mass is 971 g/mol. The number of likely N-dealkylation sites (N-methyl/N-ethyl adjacent to an activating group) is 1. The lowest BCUT2D eigenvalue weighted by Crippen LogP contribution is -2.57. The molecule has 5 N–H and O–H groups in total. The van der Waals surface area contributed by atoms with Gasteiger partial charge in [0.2, 0.25) is 11.8 Å². The number of H-pyrrole nitrogens is 1. The first kappa shape index (κ1) is 49.9. The number of urea groups is 1. The number of hydrogen-bond donors (Lipinski definition) is 5. The van der Waals surface area contributed by atoms with Crippen molar-refractivity contribution in [3.63, 3.8) is 0 Å². The quantitative estimate of drug-likeness (QED) is 0.0514. The molecule has 8 amide bonds. The summed E-state index contributed by atoms with van der Waals surface area (Å²) in [5, 5.41) is 19.6. The Hall–Kier alpha value is -7.52. The zero-order valence-electron chi connectivity index (χ0n) is 40.0. The number of amides is 8. The van der Waals surface area contributed by atoms with E-state index in [2.05, 4.69) is 31.5 Å². The van der Waals surface area contributed by atoms with Crippen LogP contribution in [0.3, 0.4) is 0 Å². The number of ether oxygens (including phenoxy) is 4. The molecule has 20 nitrogen and oxygen atoms in total. The number of carbonyl (C=O) groups is 7. The van der Waals surface area contributed by atoms with Crippen molar-refractivity contribution in [3.05, 3.63) is 124 Å². The summed E-state index contributed by atoms with van der Waals surface area (Å²) < 4.78 is 22.8. The van der Waals surface area contributed by atoms with E-state index in [1.54, 1.807) is 59.5 Å². The van der Waals surface area contributed by atoms with E-state index < -0.39 is 41.1 Å². The highest BCUT2D eigenvalue weighted by Crippen LogP contribution is 2.41. The number of piperidine rings is 1. The van der Waals surface area contributed by atoms with Gasteiger partial charge in [-0.3, -0.25) is 44.1 Å². The van der Waals surface area contributed by atoms with Crippen LogP contribution in [0.15, 0.2) is 84.9 Å². The summed E-state index contributed by atoms with van der Waals surface area (Å²) in [6, 6.07) is 23.0. The molecule has 0 aliphatic carbocycles. The summed E-state index contributed by atoms with van der Waals surface area (Å²) >= 11 is 0. The third kappa shape index (κ3) is 11.1. The highest BCUT2D eigenvalue weighted by atomic mass is 16.6. The van der Waals surface area contributed by atoms with E-state index in [1.807, 2.05) is 63.2 Å². The SMILES string of the molecule is CN(C)C[C@@H](NC(=O)N1Cc2c(NC(=O)c3ccc(C(=O)NCCOCCOCCOCCOc4ccc5cccc6c5c4C(=O)N(C4CCC(=O)NC4=O)C6=O)cc3)n[nH]c2C1(C)C)c1ccccc1. The van der Waals surface area contributed by atoms with Crippen LogP contribution in [0.5, 0.6) is 5.75 Å². The number of benzene rings is 4. The van der Waals surface area contributed by atoms with Gasteiger partial charge in [-0.05, 0) is 81.7 Å². The van der Waals surface area contributed by atoms with E-state index in [0.29, 0.717) is 46.4 Å². The third-order valence-corrected chi connectivity index (χ3v) is 12.6. The predicted molar refractivity (Wildman–Crippen MR) is 259 cm³/mol. The fraction of sp³-hybridized carbons (Fsp3) is 0.373. The smallest absolute Gasteiger partial charge is 0.319 e. The van der Waals surface area contributed by atoms with Gasteiger partial charge in [0.15, 0.2) is 5.82 Å². The Labute approximate surface area is 409 Å². The average Bonchev–Trinajstić information content (AvgIpc) is 3.88. The number of aromatic amines is 1. The Kier molecular flexibility index (Phi) is 15.5. The molecule has 0 radical (unpaired) electrons. The number of aromatic nitrogens is 2. The third-order valence-electron chi connectivity index (χ3n) is 12.6. The van der Waals surface area contributed by atoms with E-state index >= 15 is 0 Å². The number of nitrogens with one attached hydrogen (secondary N) is 5. The minimum atomic E-state index is -1.12. The lowest BCUT2D eigenvalue weighted by Gasteiger charge is -2.35. The summed E-state index contributed by atoms with van der Waals surface area (Å²) in [5.41, 5.74) is 2.85. The molecule has 8 rings (SSSR count). The number of imide groups is 2. The zero-order chi connectivity index (χ0) is 50.2. The second kappa shape index (κ2) is 22.1. The van der Waals surface area contributed by atoms with Crippen molar-refractivity contribution in [1.82, 2.24) is 40.8 Å². The van der Waals surface area contributed by atoms with Crippen molar-refractivity contribution in [3.8, 4) is 5.75 Å². The maximum absolute atomic E-state index is 13.8. The van der Waals surface area contributed by atoms with Crippen LogP contribution < -0.4 is 26.0 Å². The van der Waals surface area contributed by atoms with Crippen LogP contribution in [-0.2, 0) is 35.9 Å². The molecule has 5 aromatic rings. The molecule has 0 spiro atoms. The molecular formula is C51H57N9O11. The molecule has 3 aliphatic rings. The van der Waals surface area contributed by atoms with Crippen LogP contribution in [-0.4, -0.2) is 146 Å². The highest BCUT2D eigenvalue weighted by molar-refractivity contribution is 6.28. The largest absolute Gasteiger partial charge is 0.490 e. The number of nitrogens with zero attached hydrogens (tertiary/aromatic N) is 4. The normalized spacial score (nSPS) is 16.5. The molecular weight excluding hydrogens is 915 g/mol. The van der Waals surface area contributed by atoms with E-state index in [0.717, 1.165) is 16.2 Å². The fourth-order valence-electron chi connectivity index (χ4n) is 8.93. The molecule has 0 bridgehead atoms. The molecule has 4 aromatic carbocycles. The average molecular weight is 972 g/mol. The first-order chi connectivity index (χ1) is 34.2. The lowest BCUT2D eigenvalue weighted by atomic mass is 9.91. The van der Waals surface area contributed by atoms with Gasteiger partial charge in [0.1, 0.15) is 18.4 Å². The first-order valence-corrected chi connectivity index (χ1v) is 23.4. The van der Waals surface area contributed by atoms with Crippen LogP contribution in [0, 0.1) is 0 Å². The van der Waals surface area contributed by atoms with Crippen molar-refractivity contribution in [1.29, 1.82) is 0 Å². The molecule has 3 aliphatic heterocycles. The van der Waals surface area contributed by atoms with E-state index in [-0.39, 0.29) is 100 Å². The van der Waals surface area contributed by atoms with Crippen molar-refractivity contribution in [2.24, 2.45) is 0 Å². The second-order valence-corrected chi connectivity index (χ2v) is 18.0. The lowest BCUT2D eigenvalue weighted by molar-refractivity contribution is -0.136. The molecule has 372 valence electrons. The summed E-state index contributed by atoms with van der Waals surface area (Å²) in [4.78, 5) is 96.2. The minimum absolute atomic E-state index is 0.0109. The zero-order valence-corrected chi connectivity index (χ0v) is 40.0. The van der Waals surface area contributed by atoms with Gasteiger partial charge in [0.25, 0.3) is 23.6 Å². The number of rotatable bonds is 21. The Morgan fingerprint density at radius 3 is 2.17 bits per heavy atom. The molecule has 4 heterocycles.